The van der Waals surface area contributed by atoms with Crippen molar-refractivity contribution in [2.24, 2.45) is 11.7 Å². The van der Waals surface area contributed by atoms with Crippen molar-refractivity contribution in [2.75, 3.05) is 11.5 Å². The molecule has 0 amide bonds. The van der Waals surface area contributed by atoms with Gasteiger partial charge in [-0.15, -0.1) is 0 Å². The van der Waals surface area contributed by atoms with E-state index in [1.165, 1.54) is 6.07 Å². The van der Waals surface area contributed by atoms with E-state index in [1.807, 2.05) is 6.07 Å². The largest absolute Gasteiger partial charge is 0.327 e. The zero-order valence-corrected chi connectivity index (χ0v) is 12.9. The monoisotopic (exact) mass is 349 g/mol. The van der Waals surface area contributed by atoms with Gasteiger partial charge in [0.15, 0.2) is 9.84 Å². The molecule has 1 saturated heterocycles. The molecular weight excluding hydrogens is 333 g/mol. The van der Waals surface area contributed by atoms with Gasteiger partial charge in [0, 0.05) is 6.04 Å². The molecule has 0 radical (unpaired) electrons. The highest BCUT2D eigenvalue weighted by Gasteiger charge is 2.29. The van der Waals surface area contributed by atoms with Crippen LogP contribution >= 0.6 is 15.9 Å². The summed E-state index contributed by atoms with van der Waals surface area (Å²) in [5.41, 5.74) is 6.88. The fraction of sp³-hybridized carbons (Fsp3) is 0.538. The molecule has 0 bridgehead atoms. The smallest absolute Gasteiger partial charge is 0.150 e. The lowest BCUT2D eigenvalue weighted by Gasteiger charge is -2.16. The second kappa shape index (κ2) is 5.89. The van der Waals surface area contributed by atoms with Gasteiger partial charge in [0.05, 0.1) is 16.0 Å². The van der Waals surface area contributed by atoms with E-state index < -0.39 is 9.84 Å². The van der Waals surface area contributed by atoms with E-state index in [-0.39, 0.29) is 29.3 Å². The predicted octanol–water partition coefficient (Wildman–Crippen LogP) is 2.28. The van der Waals surface area contributed by atoms with Gasteiger partial charge in [0.25, 0.3) is 0 Å². The van der Waals surface area contributed by atoms with Crippen molar-refractivity contribution in [1.82, 2.24) is 0 Å². The molecule has 0 aromatic heterocycles. The third kappa shape index (κ3) is 4.00. The van der Waals surface area contributed by atoms with Gasteiger partial charge in [-0.05, 0) is 52.7 Å². The standard InChI is InChI=1S/C13H17BrFNO2S/c14-13-10(2-1-3-12(13)15)7-11(16)6-9-4-5-19(17,18)8-9/h1-3,9,11H,4-8,16H2. The molecule has 1 aromatic rings. The van der Waals surface area contributed by atoms with Crippen LogP contribution in [0.3, 0.4) is 0 Å². The van der Waals surface area contributed by atoms with Gasteiger partial charge >= 0.3 is 0 Å². The van der Waals surface area contributed by atoms with Crippen molar-refractivity contribution < 1.29 is 12.8 Å². The molecule has 2 atom stereocenters. The zero-order chi connectivity index (χ0) is 14.0. The summed E-state index contributed by atoms with van der Waals surface area (Å²) in [5.74, 6) is 0.361. The Labute approximate surface area is 121 Å². The first-order valence-corrected chi connectivity index (χ1v) is 8.88. The maximum absolute atomic E-state index is 13.4. The van der Waals surface area contributed by atoms with Crippen LogP contribution in [0.1, 0.15) is 18.4 Å². The number of benzene rings is 1. The summed E-state index contributed by atoms with van der Waals surface area (Å²) in [7, 11) is -2.85. The molecule has 1 aliphatic heterocycles. The van der Waals surface area contributed by atoms with E-state index in [0.717, 1.165) is 5.56 Å². The van der Waals surface area contributed by atoms with Gasteiger partial charge < -0.3 is 5.73 Å². The van der Waals surface area contributed by atoms with Gasteiger partial charge in [-0.3, -0.25) is 0 Å². The van der Waals surface area contributed by atoms with Crippen LogP contribution in [0.25, 0.3) is 0 Å². The lowest BCUT2D eigenvalue weighted by Crippen LogP contribution is -2.26. The van der Waals surface area contributed by atoms with Crippen LogP contribution in [0, 0.1) is 11.7 Å². The number of rotatable bonds is 4. The van der Waals surface area contributed by atoms with E-state index in [2.05, 4.69) is 15.9 Å². The molecule has 106 valence electrons. The molecule has 0 saturated carbocycles. The molecule has 2 N–H and O–H groups in total. The number of nitrogens with two attached hydrogens (primary N) is 1. The summed E-state index contributed by atoms with van der Waals surface area (Å²) in [6.07, 6.45) is 1.91. The van der Waals surface area contributed by atoms with Crippen LogP contribution in [-0.2, 0) is 16.3 Å². The molecule has 1 aliphatic rings. The fourth-order valence-electron chi connectivity index (χ4n) is 2.56. The van der Waals surface area contributed by atoms with Gasteiger partial charge in [-0.2, -0.15) is 0 Å². The van der Waals surface area contributed by atoms with Gasteiger partial charge in [0.1, 0.15) is 5.82 Å². The minimum atomic E-state index is -2.85. The van der Waals surface area contributed by atoms with Crippen LogP contribution in [0.15, 0.2) is 22.7 Å². The first kappa shape index (κ1) is 14.9. The van der Waals surface area contributed by atoms with Crippen molar-refractivity contribution in [3.05, 3.63) is 34.1 Å². The number of sulfone groups is 1. The van der Waals surface area contributed by atoms with Crippen molar-refractivity contribution in [3.63, 3.8) is 0 Å². The van der Waals surface area contributed by atoms with E-state index >= 15 is 0 Å². The maximum atomic E-state index is 13.4. The van der Waals surface area contributed by atoms with Gasteiger partial charge in [0.2, 0.25) is 0 Å². The van der Waals surface area contributed by atoms with Gasteiger partial charge in [-0.1, -0.05) is 12.1 Å². The topological polar surface area (TPSA) is 60.2 Å². The SMILES string of the molecule is NC(Cc1cccc(F)c1Br)CC1CCS(=O)(=O)C1. The number of hydrogen-bond acceptors (Lipinski definition) is 3. The molecule has 1 aromatic carbocycles. The summed E-state index contributed by atoms with van der Waals surface area (Å²) >= 11 is 3.21. The summed E-state index contributed by atoms with van der Waals surface area (Å²) in [4.78, 5) is 0. The molecule has 1 heterocycles. The van der Waals surface area contributed by atoms with E-state index in [9.17, 15) is 12.8 Å². The van der Waals surface area contributed by atoms with Crippen LogP contribution in [-0.4, -0.2) is 26.0 Å². The van der Waals surface area contributed by atoms with Crippen LogP contribution in [0.5, 0.6) is 0 Å². The summed E-state index contributed by atoms with van der Waals surface area (Å²) in [6.45, 7) is 0. The Bertz CT molecular complexity index is 562. The molecule has 2 unspecified atom stereocenters. The Morgan fingerprint density at radius 2 is 2.21 bits per heavy atom. The highest BCUT2D eigenvalue weighted by atomic mass is 79.9. The summed E-state index contributed by atoms with van der Waals surface area (Å²) in [6, 6.07) is 4.74. The quantitative estimate of drug-likeness (QED) is 0.906. The van der Waals surface area contributed by atoms with Crippen molar-refractivity contribution in [3.8, 4) is 0 Å². The van der Waals surface area contributed by atoms with E-state index in [4.69, 9.17) is 5.73 Å². The molecule has 1 fully saturated rings. The predicted molar refractivity (Wildman–Crippen MR) is 77.2 cm³/mol. The third-order valence-corrected chi connectivity index (χ3v) is 6.20. The fourth-order valence-corrected chi connectivity index (χ4v) is 4.86. The highest BCUT2D eigenvalue weighted by Crippen LogP contribution is 2.26. The average Bonchev–Trinajstić information content (AvgIpc) is 2.64. The summed E-state index contributed by atoms with van der Waals surface area (Å²) in [5, 5.41) is 0. The number of halogens is 2. The number of hydrogen-bond donors (Lipinski definition) is 1. The summed E-state index contributed by atoms with van der Waals surface area (Å²) < 4.78 is 36.6. The van der Waals surface area contributed by atoms with Crippen LogP contribution in [0.4, 0.5) is 4.39 Å². The minimum Gasteiger partial charge on any atom is -0.327 e. The molecule has 0 aliphatic carbocycles. The lowest BCUT2D eigenvalue weighted by molar-refractivity contribution is 0.467. The van der Waals surface area contributed by atoms with Crippen molar-refractivity contribution in [2.45, 2.75) is 25.3 Å². The maximum Gasteiger partial charge on any atom is 0.150 e. The molecule has 19 heavy (non-hydrogen) atoms. The highest BCUT2D eigenvalue weighted by molar-refractivity contribution is 9.10. The Kier molecular flexibility index (Phi) is 4.63. The Hall–Kier alpha value is -0.460. The average molecular weight is 350 g/mol. The van der Waals surface area contributed by atoms with Crippen molar-refractivity contribution >= 4 is 25.8 Å². The lowest BCUT2D eigenvalue weighted by atomic mass is 9.95. The molecule has 6 heteroatoms. The van der Waals surface area contributed by atoms with Crippen LogP contribution < -0.4 is 5.73 Å². The van der Waals surface area contributed by atoms with Crippen molar-refractivity contribution in [1.29, 1.82) is 0 Å². The Balaban J connectivity index is 1.95. The first-order chi connectivity index (χ1) is 8.87. The first-order valence-electron chi connectivity index (χ1n) is 6.26. The molecule has 0 spiro atoms. The zero-order valence-electron chi connectivity index (χ0n) is 10.5. The third-order valence-electron chi connectivity index (χ3n) is 3.48. The van der Waals surface area contributed by atoms with Crippen LogP contribution in [0.2, 0.25) is 0 Å². The van der Waals surface area contributed by atoms with E-state index in [0.29, 0.717) is 23.7 Å². The molecule has 3 nitrogen and oxygen atoms in total. The van der Waals surface area contributed by atoms with E-state index in [1.54, 1.807) is 6.07 Å². The molecular formula is C13H17BrFNO2S. The second-order valence-corrected chi connectivity index (χ2v) is 8.20. The molecule has 2 rings (SSSR count). The Morgan fingerprint density at radius 1 is 1.47 bits per heavy atom. The normalized spacial score (nSPS) is 23.4. The second-order valence-electron chi connectivity index (χ2n) is 5.18. The minimum absolute atomic E-state index is 0.142. The van der Waals surface area contributed by atoms with Gasteiger partial charge in [-0.25, -0.2) is 12.8 Å². The Morgan fingerprint density at radius 3 is 2.84 bits per heavy atom.